The fourth-order valence-corrected chi connectivity index (χ4v) is 3.80. The minimum atomic E-state index is 0.550. The Hall–Kier alpha value is -0.670. The van der Waals surface area contributed by atoms with Gasteiger partial charge in [-0.2, -0.15) is 11.8 Å². The van der Waals surface area contributed by atoms with E-state index < -0.39 is 0 Å². The van der Waals surface area contributed by atoms with Crippen molar-refractivity contribution in [2.24, 2.45) is 0 Å². The van der Waals surface area contributed by atoms with Crippen LogP contribution in [-0.4, -0.2) is 24.7 Å². The number of nitrogens with one attached hydrogen (secondary N) is 1. The van der Waals surface area contributed by atoms with E-state index in [-0.39, 0.29) is 0 Å². The predicted molar refractivity (Wildman–Crippen MR) is 63.7 cm³/mol. The van der Waals surface area contributed by atoms with Crippen molar-refractivity contribution in [1.82, 2.24) is 5.32 Å². The van der Waals surface area contributed by atoms with E-state index >= 15 is 0 Å². The van der Waals surface area contributed by atoms with Gasteiger partial charge in [-0.3, -0.25) is 0 Å². The van der Waals surface area contributed by atoms with Crippen LogP contribution < -0.4 is 10.1 Å². The van der Waals surface area contributed by atoms with Crippen LogP contribution >= 0.6 is 11.8 Å². The highest BCUT2D eigenvalue weighted by Gasteiger charge is 2.34. The molecule has 0 radical (unpaired) electrons. The Balaban J connectivity index is 1.98. The van der Waals surface area contributed by atoms with Crippen LogP contribution in [0, 0.1) is 0 Å². The zero-order chi connectivity index (χ0) is 10.3. The Kier molecular flexibility index (Phi) is 2.37. The maximum atomic E-state index is 5.28. The molecule has 0 aromatic heterocycles. The number of hydrogen-bond donors (Lipinski definition) is 1. The molecule has 0 bridgehead atoms. The van der Waals surface area contributed by atoms with Crippen LogP contribution in [0.25, 0.3) is 0 Å². The molecule has 2 unspecified atom stereocenters. The molecule has 1 aliphatic heterocycles. The molecule has 0 saturated carbocycles. The van der Waals surface area contributed by atoms with Gasteiger partial charge in [-0.25, -0.2) is 0 Å². The Bertz CT molecular complexity index is 380. The second-order valence-electron chi connectivity index (χ2n) is 4.11. The van der Waals surface area contributed by atoms with Gasteiger partial charge in [0.2, 0.25) is 0 Å². The molecule has 1 aromatic carbocycles. The van der Waals surface area contributed by atoms with E-state index in [9.17, 15) is 0 Å². The molecular formula is C12H15NOS. The number of fused-ring (bicyclic) bond motifs is 3. The van der Waals surface area contributed by atoms with Crippen molar-refractivity contribution in [2.75, 3.05) is 19.4 Å². The summed E-state index contributed by atoms with van der Waals surface area (Å²) in [4.78, 5) is 0. The topological polar surface area (TPSA) is 21.3 Å². The lowest BCUT2D eigenvalue weighted by Gasteiger charge is -2.26. The molecule has 3 rings (SSSR count). The summed E-state index contributed by atoms with van der Waals surface area (Å²) in [7, 11) is 1.73. The summed E-state index contributed by atoms with van der Waals surface area (Å²) < 4.78 is 5.28. The van der Waals surface area contributed by atoms with Crippen molar-refractivity contribution in [3.05, 3.63) is 29.3 Å². The van der Waals surface area contributed by atoms with Gasteiger partial charge >= 0.3 is 0 Å². The van der Waals surface area contributed by atoms with Gasteiger partial charge in [0.1, 0.15) is 5.75 Å². The molecule has 1 aliphatic carbocycles. The van der Waals surface area contributed by atoms with Crippen molar-refractivity contribution in [3.8, 4) is 5.75 Å². The third kappa shape index (κ3) is 1.54. The van der Waals surface area contributed by atoms with Gasteiger partial charge in [-0.05, 0) is 29.7 Å². The minimum absolute atomic E-state index is 0.550. The van der Waals surface area contributed by atoms with Gasteiger partial charge in [0.15, 0.2) is 0 Å². The van der Waals surface area contributed by atoms with Gasteiger partial charge in [0, 0.05) is 23.6 Å². The standard InChI is InChI=1S/C12H15NOS/c1-14-9-3-2-8-6-11-12(10(8)7-9)13-4-5-15-11/h2-3,7,11-13H,4-6H2,1H3. The van der Waals surface area contributed by atoms with Crippen molar-refractivity contribution >= 4 is 11.8 Å². The maximum absolute atomic E-state index is 5.28. The molecule has 1 aromatic rings. The lowest BCUT2D eigenvalue weighted by atomic mass is 10.1. The molecule has 1 fully saturated rings. The zero-order valence-electron chi connectivity index (χ0n) is 8.82. The van der Waals surface area contributed by atoms with Crippen molar-refractivity contribution < 1.29 is 4.74 Å². The van der Waals surface area contributed by atoms with Crippen LogP contribution in [0.15, 0.2) is 18.2 Å². The van der Waals surface area contributed by atoms with E-state index in [0.717, 1.165) is 17.5 Å². The van der Waals surface area contributed by atoms with E-state index in [1.165, 1.54) is 23.3 Å². The number of ether oxygens (including phenoxy) is 1. The first kappa shape index (κ1) is 9.55. The molecule has 1 saturated heterocycles. The summed E-state index contributed by atoms with van der Waals surface area (Å²) in [5.74, 6) is 2.22. The zero-order valence-corrected chi connectivity index (χ0v) is 9.64. The highest BCUT2D eigenvalue weighted by Crippen LogP contribution is 2.41. The third-order valence-corrected chi connectivity index (χ3v) is 4.59. The van der Waals surface area contributed by atoms with Crippen LogP contribution in [0.2, 0.25) is 0 Å². The number of rotatable bonds is 1. The van der Waals surface area contributed by atoms with Crippen LogP contribution in [0.4, 0.5) is 0 Å². The number of hydrogen-bond acceptors (Lipinski definition) is 3. The number of benzene rings is 1. The molecule has 0 amide bonds. The highest BCUT2D eigenvalue weighted by molar-refractivity contribution is 8.00. The molecule has 2 nitrogen and oxygen atoms in total. The molecular weight excluding hydrogens is 206 g/mol. The van der Waals surface area contributed by atoms with Gasteiger partial charge < -0.3 is 10.1 Å². The SMILES string of the molecule is COc1ccc2c(c1)C1NCCSC1C2. The van der Waals surface area contributed by atoms with E-state index in [1.54, 1.807) is 7.11 Å². The summed E-state index contributed by atoms with van der Waals surface area (Å²) in [6, 6.07) is 7.03. The van der Waals surface area contributed by atoms with Crippen molar-refractivity contribution in [1.29, 1.82) is 0 Å². The largest absolute Gasteiger partial charge is 0.497 e. The maximum Gasteiger partial charge on any atom is 0.119 e. The van der Waals surface area contributed by atoms with E-state index in [0.29, 0.717) is 6.04 Å². The summed E-state index contributed by atoms with van der Waals surface area (Å²) in [6.07, 6.45) is 1.21. The first-order valence-corrected chi connectivity index (χ1v) is 6.45. The van der Waals surface area contributed by atoms with Gasteiger partial charge in [-0.1, -0.05) is 6.07 Å². The lowest BCUT2D eigenvalue weighted by molar-refractivity contribution is 0.413. The average Bonchev–Trinajstić information content (AvgIpc) is 2.66. The molecule has 1 heterocycles. The second kappa shape index (κ2) is 3.72. The van der Waals surface area contributed by atoms with Crippen LogP contribution in [-0.2, 0) is 6.42 Å². The van der Waals surface area contributed by atoms with E-state index in [4.69, 9.17) is 4.74 Å². The molecule has 0 spiro atoms. The quantitative estimate of drug-likeness (QED) is 0.783. The van der Waals surface area contributed by atoms with E-state index in [1.807, 2.05) is 0 Å². The van der Waals surface area contributed by atoms with Gasteiger partial charge in [-0.15, -0.1) is 0 Å². The first-order chi connectivity index (χ1) is 7.38. The van der Waals surface area contributed by atoms with Crippen molar-refractivity contribution in [3.63, 3.8) is 0 Å². The number of thioether (sulfide) groups is 1. The average molecular weight is 221 g/mol. The van der Waals surface area contributed by atoms with E-state index in [2.05, 4.69) is 35.3 Å². The second-order valence-corrected chi connectivity index (χ2v) is 5.46. The molecule has 2 atom stereocenters. The number of methoxy groups -OCH3 is 1. The smallest absolute Gasteiger partial charge is 0.119 e. The molecule has 2 aliphatic rings. The third-order valence-electron chi connectivity index (χ3n) is 3.28. The summed E-state index contributed by atoms with van der Waals surface area (Å²) in [6.45, 7) is 1.13. The van der Waals surface area contributed by atoms with Gasteiger partial charge in [0.25, 0.3) is 0 Å². The lowest BCUT2D eigenvalue weighted by Crippen LogP contribution is -2.34. The Labute approximate surface area is 94.4 Å². The van der Waals surface area contributed by atoms with Crippen molar-refractivity contribution in [2.45, 2.75) is 17.7 Å². The minimum Gasteiger partial charge on any atom is -0.497 e. The predicted octanol–water partition coefficient (Wildman–Crippen LogP) is 2.00. The Morgan fingerprint density at radius 3 is 3.27 bits per heavy atom. The molecule has 3 heteroatoms. The highest BCUT2D eigenvalue weighted by atomic mass is 32.2. The summed E-state index contributed by atoms with van der Waals surface area (Å²) >= 11 is 2.10. The normalized spacial score (nSPS) is 28.3. The molecule has 1 N–H and O–H groups in total. The van der Waals surface area contributed by atoms with Crippen LogP contribution in [0.5, 0.6) is 5.75 Å². The molecule has 15 heavy (non-hydrogen) atoms. The van der Waals surface area contributed by atoms with Crippen LogP contribution in [0.3, 0.4) is 0 Å². The Morgan fingerprint density at radius 2 is 2.40 bits per heavy atom. The van der Waals surface area contributed by atoms with Gasteiger partial charge in [0.05, 0.1) is 7.11 Å². The summed E-state index contributed by atoms with van der Waals surface area (Å²) in [5.41, 5.74) is 2.94. The monoisotopic (exact) mass is 221 g/mol. The fraction of sp³-hybridized carbons (Fsp3) is 0.500. The summed E-state index contributed by atoms with van der Waals surface area (Å²) in [5, 5.41) is 4.35. The van der Waals surface area contributed by atoms with Crippen LogP contribution in [0.1, 0.15) is 17.2 Å². The molecule has 80 valence electrons. The fourth-order valence-electron chi connectivity index (χ4n) is 2.53. The first-order valence-electron chi connectivity index (χ1n) is 5.40. The Morgan fingerprint density at radius 1 is 1.47 bits per heavy atom.